The summed E-state index contributed by atoms with van der Waals surface area (Å²) in [7, 11) is 0. The Hall–Kier alpha value is -3.08. The number of ether oxygens (including phenoxy) is 1. The summed E-state index contributed by atoms with van der Waals surface area (Å²) in [6.07, 6.45) is 3.41. The van der Waals surface area contributed by atoms with Crippen molar-refractivity contribution in [2.24, 2.45) is 0 Å². The lowest BCUT2D eigenvalue weighted by molar-refractivity contribution is -0.118. The van der Waals surface area contributed by atoms with Crippen molar-refractivity contribution >= 4 is 23.6 Å². The highest BCUT2D eigenvalue weighted by molar-refractivity contribution is 5.99. The molecule has 0 radical (unpaired) electrons. The molecule has 2 aromatic rings. The number of rotatable bonds is 4. The molecule has 2 aromatic carbocycles. The summed E-state index contributed by atoms with van der Waals surface area (Å²) in [6.45, 7) is 1.50. The predicted octanol–water partition coefficient (Wildman–Crippen LogP) is 2.91. The Balaban J connectivity index is 1.38. The Morgan fingerprint density at radius 3 is 2.69 bits per heavy atom. The first-order valence-corrected chi connectivity index (χ1v) is 8.80. The van der Waals surface area contributed by atoms with Gasteiger partial charge in [-0.1, -0.05) is 30.3 Å². The number of para-hydroxylation sites is 1. The molecule has 0 aliphatic carbocycles. The Kier molecular flexibility index (Phi) is 4.44. The maximum Gasteiger partial charge on any atom is 0.250 e. The topological polar surface area (TPSA) is 58.6 Å². The molecule has 0 saturated carbocycles. The van der Waals surface area contributed by atoms with Crippen molar-refractivity contribution in [3.8, 4) is 5.75 Å². The van der Waals surface area contributed by atoms with E-state index in [2.05, 4.69) is 5.32 Å². The summed E-state index contributed by atoms with van der Waals surface area (Å²) in [6, 6.07) is 15.4. The minimum Gasteiger partial charge on any atom is -0.488 e. The fourth-order valence-electron chi connectivity index (χ4n) is 3.26. The van der Waals surface area contributed by atoms with Crippen molar-refractivity contribution in [1.29, 1.82) is 0 Å². The third-order valence-electron chi connectivity index (χ3n) is 4.70. The summed E-state index contributed by atoms with van der Waals surface area (Å²) >= 11 is 0. The largest absolute Gasteiger partial charge is 0.488 e. The van der Waals surface area contributed by atoms with Gasteiger partial charge in [-0.15, -0.1) is 0 Å². The standard InChI is InChI=1S/C21H20N2O3/c24-20-6-3-11-23(20)18-9-7-15(8-10-18)13-22-21(25)17-12-16-4-1-2-5-19(16)26-14-17/h1-2,4-5,7-10,12H,3,6,11,13-14H2,(H,22,25). The van der Waals surface area contributed by atoms with Gasteiger partial charge in [0.15, 0.2) is 0 Å². The van der Waals surface area contributed by atoms with E-state index >= 15 is 0 Å². The molecule has 132 valence electrons. The Morgan fingerprint density at radius 1 is 1.12 bits per heavy atom. The molecule has 0 bridgehead atoms. The molecule has 4 rings (SSSR count). The molecule has 2 heterocycles. The van der Waals surface area contributed by atoms with E-state index in [4.69, 9.17) is 4.74 Å². The number of amides is 2. The maximum atomic E-state index is 12.4. The van der Waals surface area contributed by atoms with Crippen LogP contribution in [0.4, 0.5) is 5.69 Å². The molecule has 0 spiro atoms. The van der Waals surface area contributed by atoms with E-state index < -0.39 is 0 Å². The fraction of sp³-hybridized carbons (Fsp3) is 0.238. The first-order valence-electron chi connectivity index (χ1n) is 8.80. The second-order valence-electron chi connectivity index (χ2n) is 6.49. The molecule has 1 fully saturated rings. The molecule has 2 aliphatic rings. The third kappa shape index (κ3) is 3.33. The Morgan fingerprint density at radius 2 is 1.92 bits per heavy atom. The number of anilines is 1. The summed E-state index contributed by atoms with van der Waals surface area (Å²) in [5.74, 6) is 0.852. The summed E-state index contributed by atoms with van der Waals surface area (Å²) in [5.41, 5.74) is 3.44. The number of fused-ring (bicyclic) bond motifs is 1. The second-order valence-corrected chi connectivity index (χ2v) is 6.49. The second kappa shape index (κ2) is 7.04. The summed E-state index contributed by atoms with van der Waals surface area (Å²) in [5, 5.41) is 2.93. The number of hydrogen-bond donors (Lipinski definition) is 1. The van der Waals surface area contributed by atoms with Gasteiger partial charge >= 0.3 is 0 Å². The van der Waals surface area contributed by atoms with Gasteiger partial charge in [0.2, 0.25) is 5.91 Å². The van der Waals surface area contributed by atoms with Crippen LogP contribution in [-0.2, 0) is 16.1 Å². The van der Waals surface area contributed by atoms with E-state index in [9.17, 15) is 9.59 Å². The summed E-state index contributed by atoms with van der Waals surface area (Å²) < 4.78 is 5.63. The minimum absolute atomic E-state index is 0.127. The molecule has 1 N–H and O–H groups in total. The Labute approximate surface area is 152 Å². The molecule has 2 amide bonds. The lowest BCUT2D eigenvalue weighted by Gasteiger charge is -2.18. The van der Waals surface area contributed by atoms with Gasteiger partial charge in [0.25, 0.3) is 5.91 Å². The molecule has 0 unspecified atom stereocenters. The van der Waals surface area contributed by atoms with E-state index in [0.717, 1.165) is 35.5 Å². The van der Waals surface area contributed by atoms with Crippen molar-refractivity contribution < 1.29 is 14.3 Å². The fourth-order valence-corrected chi connectivity index (χ4v) is 3.26. The van der Waals surface area contributed by atoms with E-state index in [0.29, 0.717) is 18.5 Å². The SMILES string of the molecule is O=C(NCc1ccc(N2CCCC2=O)cc1)C1=Cc2ccccc2OC1. The molecule has 5 nitrogen and oxygen atoms in total. The molecular weight excluding hydrogens is 328 g/mol. The molecule has 2 aliphatic heterocycles. The van der Waals surface area contributed by atoms with E-state index in [1.807, 2.05) is 59.5 Å². The number of nitrogens with one attached hydrogen (secondary N) is 1. The quantitative estimate of drug-likeness (QED) is 0.924. The first kappa shape index (κ1) is 16.4. The van der Waals surface area contributed by atoms with E-state index in [-0.39, 0.29) is 18.4 Å². The number of benzene rings is 2. The van der Waals surface area contributed by atoms with Gasteiger partial charge in [-0.2, -0.15) is 0 Å². The molecular formula is C21H20N2O3. The highest BCUT2D eigenvalue weighted by atomic mass is 16.5. The zero-order chi connectivity index (χ0) is 17.9. The molecule has 1 saturated heterocycles. The zero-order valence-corrected chi connectivity index (χ0v) is 14.4. The van der Waals surface area contributed by atoms with Crippen molar-refractivity contribution in [2.45, 2.75) is 19.4 Å². The van der Waals surface area contributed by atoms with Crippen LogP contribution in [0, 0.1) is 0 Å². The van der Waals surface area contributed by atoms with Crippen LogP contribution in [0.3, 0.4) is 0 Å². The first-order chi connectivity index (χ1) is 12.7. The van der Waals surface area contributed by atoms with E-state index in [1.54, 1.807) is 0 Å². The van der Waals surface area contributed by atoms with Gasteiger partial charge in [0.05, 0.1) is 5.57 Å². The highest BCUT2D eigenvalue weighted by Crippen LogP contribution is 2.26. The third-order valence-corrected chi connectivity index (χ3v) is 4.70. The van der Waals surface area contributed by atoms with Gasteiger partial charge in [-0.3, -0.25) is 9.59 Å². The van der Waals surface area contributed by atoms with Crippen LogP contribution in [-0.4, -0.2) is 25.0 Å². The maximum absolute atomic E-state index is 12.4. The number of carbonyl (C=O) groups is 2. The van der Waals surface area contributed by atoms with Crippen molar-refractivity contribution in [2.75, 3.05) is 18.1 Å². The molecule has 5 heteroatoms. The van der Waals surface area contributed by atoms with Crippen LogP contribution in [0.1, 0.15) is 24.0 Å². The average Bonchev–Trinajstić information content (AvgIpc) is 3.12. The zero-order valence-electron chi connectivity index (χ0n) is 14.4. The normalized spacial score (nSPS) is 15.9. The van der Waals surface area contributed by atoms with Gasteiger partial charge in [-0.25, -0.2) is 0 Å². The lowest BCUT2D eigenvalue weighted by Crippen LogP contribution is -2.28. The van der Waals surface area contributed by atoms with Crippen LogP contribution in [0.2, 0.25) is 0 Å². The average molecular weight is 348 g/mol. The lowest BCUT2D eigenvalue weighted by atomic mass is 10.1. The number of carbonyl (C=O) groups excluding carboxylic acids is 2. The van der Waals surface area contributed by atoms with Crippen molar-refractivity contribution in [3.05, 3.63) is 65.2 Å². The smallest absolute Gasteiger partial charge is 0.250 e. The van der Waals surface area contributed by atoms with Crippen LogP contribution >= 0.6 is 0 Å². The van der Waals surface area contributed by atoms with Gasteiger partial charge in [0, 0.05) is 30.8 Å². The van der Waals surface area contributed by atoms with Crippen molar-refractivity contribution in [1.82, 2.24) is 5.32 Å². The summed E-state index contributed by atoms with van der Waals surface area (Å²) in [4.78, 5) is 26.0. The van der Waals surface area contributed by atoms with Crippen LogP contribution < -0.4 is 15.0 Å². The Bertz CT molecular complexity index is 871. The van der Waals surface area contributed by atoms with E-state index in [1.165, 1.54) is 0 Å². The number of nitrogens with zero attached hydrogens (tertiary/aromatic N) is 1. The predicted molar refractivity (Wildman–Crippen MR) is 99.8 cm³/mol. The van der Waals surface area contributed by atoms with Crippen LogP contribution in [0.15, 0.2) is 54.1 Å². The monoisotopic (exact) mass is 348 g/mol. The molecule has 0 atom stereocenters. The molecule has 26 heavy (non-hydrogen) atoms. The molecule has 0 aromatic heterocycles. The highest BCUT2D eigenvalue weighted by Gasteiger charge is 2.21. The minimum atomic E-state index is -0.127. The number of hydrogen-bond acceptors (Lipinski definition) is 3. The van der Waals surface area contributed by atoms with Gasteiger partial charge in [0.1, 0.15) is 12.4 Å². The van der Waals surface area contributed by atoms with Crippen LogP contribution in [0.5, 0.6) is 5.75 Å². The van der Waals surface area contributed by atoms with Gasteiger partial charge in [-0.05, 0) is 36.3 Å². The van der Waals surface area contributed by atoms with Crippen molar-refractivity contribution in [3.63, 3.8) is 0 Å². The van der Waals surface area contributed by atoms with Crippen LogP contribution in [0.25, 0.3) is 6.08 Å². The van der Waals surface area contributed by atoms with Gasteiger partial charge < -0.3 is 15.0 Å².